The van der Waals surface area contributed by atoms with E-state index in [1.54, 1.807) is 54.6 Å². The maximum Gasteiger partial charge on any atom is 0.347 e. The lowest BCUT2D eigenvalue weighted by Crippen LogP contribution is -2.14. The van der Waals surface area contributed by atoms with Crippen molar-refractivity contribution in [2.75, 3.05) is 42.7 Å². The second-order valence-electron chi connectivity index (χ2n) is 12.8. The molecule has 5 aromatic rings. The second kappa shape index (κ2) is 19.6. The summed E-state index contributed by atoms with van der Waals surface area (Å²) in [4.78, 5) is 51.9. The molecule has 1 aliphatic carbocycles. The number of carbonyl (C=O) groups is 4. The molecular weight excluding hydrogens is 789 g/mol. The molecule has 0 atom stereocenters. The predicted octanol–water partition coefficient (Wildman–Crippen LogP) is 8.31. The minimum Gasteiger partial charge on any atom is -0.497 e. The molecular formula is C47H40O14. The third-order valence-electron chi connectivity index (χ3n) is 9.18. The Balaban J connectivity index is 1.01. The number of ether oxygens (including phenoxy) is 10. The number of hydrogen-bond acceptors (Lipinski definition) is 14. The summed E-state index contributed by atoms with van der Waals surface area (Å²) in [5.41, 5.74) is 2.37. The lowest BCUT2D eigenvalue weighted by atomic mass is 10.1. The Kier molecular flexibility index (Phi) is 13.7. The Morgan fingerprint density at radius 2 is 0.852 bits per heavy atom. The SMILES string of the molecule is COC1=CCC(OC)=C(OC)C=C1C(=O)Oc1ccc(C(=O)Oc2ccc(-c3ccc(OC(=O)c4ccc(OC(=O)c5cc(OC)c(OC)cc5OC)cc4)cc3)cc2)cc1. The van der Waals surface area contributed by atoms with Crippen LogP contribution in [-0.4, -0.2) is 66.5 Å². The number of esters is 4. The van der Waals surface area contributed by atoms with Crippen LogP contribution in [-0.2, 0) is 19.0 Å². The molecule has 14 nitrogen and oxygen atoms in total. The molecule has 0 N–H and O–H groups in total. The van der Waals surface area contributed by atoms with Gasteiger partial charge >= 0.3 is 23.9 Å². The number of allylic oxidation sites excluding steroid dienone is 2. The van der Waals surface area contributed by atoms with E-state index in [0.29, 0.717) is 46.7 Å². The average Bonchev–Trinajstić information content (AvgIpc) is 3.48. The summed E-state index contributed by atoms with van der Waals surface area (Å²) in [5.74, 6) is 0.554. The van der Waals surface area contributed by atoms with Crippen LogP contribution in [0, 0.1) is 0 Å². The number of methoxy groups -OCH3 is 6. The largest absolute Gasteiger partial charge is 0.497 e. The third kappa shape index (κ3) is 10.2. The van der Waals surface area contributed by atoms with Crippen molar-refractivity contribution in [2.24, 2.45) is 0 Å². The molecule has 0 aromatic heterocycles. The van der Waals surface area contributed by atoms with Gasteiger partial charge in [-0.05, 0) is 90.0 Å². The smallest absolute Gasteiger partial charge is 0.347 e. The molecule has 6 rings (SSSR count). The van der Waals surface area contributed by atoms with Crippen LogP contribution in [0.25, 0.3) is 11.1 Å². The summed E-state index contributed by atoms with van der Waals surface area (Å²) < 4.78 is 54.2. The summed E-state index contributed by atoms with van der Waals surface area (Å²) in [6, 6.07) is 28.6. The number of rotatable bonds is 15. The normalized spacial score (nSPS) is 12.1. The summed E-state index contributed by atoms with van der Waals surface area (Å²) in [7, 11) is 8.76. The molecule has 0 saturated heterocycles. The van der Waals surface area contributed by atoms with Gasteiger partial charge in [-0.3, -0.25) is 0 Å². The first-order chi connectivity index (χ1) is 29.6. The fourth-order valence-electron chi connectivity index (χ4n) is 5.98. The molecule has 14 heteroatoms. The van der Waals surface area contributed by atoms with Crippen molar-refractivity contribution in [1.29, 1.82) is 0 Å². The zero-order valence-electron chi connectivity index (χ0n) is 34.0. The molecule has 0 unspecified atom stereocenters. The molecule has 0 amide bonds. The first kappa shape index (κ1) is 42.6. The topological polar surface area (TPSA) is 161 Å². The molecule has 61 heavy (non-hydrogen) atoms. The highest BCUT2D eigenvalue weighted by atomic mass is 16.6. The minimum atomic E-state index is -0.695. The van der Waals surface area contributed by atoms with E-state index in [2.05, 4.69) is 0 Å². The summed E-state index contributed by atoms with van der Waals surface area (Å²) in [6.07, 6.45) is 3.53. The first-order valence-corrected chi connectivity index (χ1v) is 18.4. The fourth-order valence-corrected chi connectivity index (χ4v) is 5.98. The van der Waals surface area contributed by atoms with E-state index in [9.17, 15) is 19.2 Å². The molecule has 1 aliphatic rings. The Bertz CT molecular complexity index is 2500. The first-order valence-electron chi connectivity index (χ1n) is 18.4. The molecule has 0 spiro atoms. The highest BCUT2D eigenvalue weighted by Gasteiger charge is 2.24. The van der Waals surface area contributed by atoms with E-state index < -0.39 is 23.9 Å². The number of hydrogen-bond donors (Lipinski definition) is 0. The zero-order valence-corrected chi connectivity index (χ0v) is 34.0. The van der Waals surface area contributed by atoms with E-state index in [1.165, 1.54) is 109 Å². The maximum atomic E-state index is 13.1. The zero-order chi connectivity index (χ0) is 43.5. The van der Waals surface area contributed by atoms with Gasteiger partial charge < -0.3 is 47.4 Å². The highest BCUT2D eigenvalue weighted by molar-refractivity contribution is 5.96. The molecule has 5 aromatic carbocycles. The van der Waals surface area contributed by atoms with E-state index in [-0.39, 0.29) is 39.5 Å². The molecule has 312 valence electrons. The van der Waals surface area contributed by atoms with Crippen LogP contribution in [0.1, 0.15) is 37.5 Å². The van der Waals surface area contributed by atoms with E-state index in [1.807, 2.05) is 0 Å². The molecule has 0 radical (unpaired) electrons. The van der Waals surface area contributed by atoms with Crippen molar-refractivity contribution >= 4 is 23.9 Å². The van der Waals surface area contributed by atoms with Crippen LogP contribution in [0.15, 0.2) is 144 Å². The standard InChI is InChI=1S/C47H40O14/c1-52-38-23-24-39(53-2)41(55-4)25-36(38)46(50)60-34-19-11-30(12-20-34)44(48)58-32-15-7-28(8-16-32)29-9-17-33(18-10-29)59-45(49)31-13-21-35(22-14-31)61-47(51)37-26-42(56-5)43(57-6)27-40(37)54-3/h7-23,25-27H,24H2,1-6H3. The van der Waals surface area contributed by atoms with Crippen LogP contribution in [0.3, 0.4) is 0 Å². The van der Waals surface area contributed by atoms with Gasteiger partial charge in [-0.15, -0.1) is 0 Å². The van der Waals surface area contributed by atoms with Crippen LogP contribution >= 0.6 is 0 Å². The van der Waals surface area contributed by atoms with Crippen molar-refractivity contribution in [1.82, 2.24) is 0 Å². The van der Waals surface area contributed by atoms with E-state index in [0.717, 1.165) is 11.1 Å². The van der Waals surface area contributed by atoms with Crippen LogP contribution < -0.4 is 33.2 Å². The van der Waals surface area contributed by atoms with Crippen LogP contribution in [0.5, 0.6) is 40.2 Å². The van der Waals surface area contributed by atoms with Gasteiger partial charge in [0.2, 0.25) is 0 Å². The third-order valence-corrected chi connectivity index (χ3v) is 9.18. The Labute approximate surface area is 351 Å². The highest BCUT2D eigenvalue weighted by Crippen LogP contribution is 2.35. The van der Waals surface area contributed by atoms with Gasteiger partial charge in [0.15, 0.2) is 17.3 Å². The Morgan fingerprint density at radius 1 is 0.426 bits per heavy atom. The maximum absolute atomic E-state index is 13.1. The number of benzene rings is 5. The van der Waals surface area contributed by atoms with E-state index in [4.69, 9.17) is 47.4 Å². The van der Waals surface area contributed by atoms with Gasteiger partial charge in [-0.2, -0.15) is 0 Å². The monoisotopic (exact) mass is 828 g/mol. The molecule has 0 heterocycles. The van der Waals surface area contributed by atoms with Crippen molar-refractivity contribution < 1.29 is 66.5 Å². The van der Waals surface area contributed by atoms with E-state index >= 15 is 0 Å². The van der Waals surface area contributed by atoms with Crippen LogP contribution in [0.4, 0.5) is 0 Å². The van der Waals surface area contributed by atoms with Gasteiger partial charge in [0.25, 0.3) is 0 Å². The predicted molar refractivity (Wildman–Crippen MR) is 220 cm³/mol. The lowest BCUT2D eigenvalue weighted by molar-refractivity contribution is -0.130. The summed E-state index contributed by atoms with van der Waals surface area (Å²) in [5, 5.41) is 0. The van der Waals surface area contributed by atoms with Gasteiger partial charge in [-0.25, -0.2) is 19.2 Å². The van der Waals surface area contributed by atoms with Gasteiger partial charge in [0.05, 0.1) is 53.8 Å². The number of carbonyl (C=O) groups excluding carboxylic acids is 4. The van der Waals surface area contributed by atoms with Crippen molar-refractivity contribution in [3.63, 3.8) is 0 Å². The van der Waals surface area contributed by atoms with Gasteiger partial charge in [0, 0.05) is 24.6 Å². The fraction of sp³-hybridized carbons (Fsp3) is 0.149. The molecule has 0 bridgehead atoms. The van der Waals surface area contributed by atoms with Gasteiger partial charge in [-0.1, -0.05) is 24.3 Å². The molecule has 0 aliphatic heterocycles. The van der Waals surface area contributed by atoms with Crippen molar-refractivity contribution in [3.8, 4) is 51.4 Å². The van der Waals surface area contributed by atoms with Crippen LogP contribution in [0.2, 0.25) is 0 Å². The average molecular weight is 829 g/mol. The summed E-state index contributed by atoms with van der Waals surface area (Å²) >= 11 is 0. The van der Waals surface area contributed by atoms with Crippen molar-refractivity contribution in [2.45, 2.75) is 6.42 Å². The summed E-state index contributed by atoms with van der Waals surface area (Å²) in [6.45, 7) is 0. The molecule has 0 saturated carbocycles. The second-order valence-corrected chi connectivity index (χ2v) is 12.8. The quantitative estimate of drug-likeness (QED) is 0.0732. The lowest BCUT2D eigenvalue weighted by Gasteiger charge is -2.13. The Hall–Kier alpha value is -8.00. The minimum absolute atomic E-state index is 0.124. The van der Waals surface area contributed by atoms with Gasteiger partial charge in [0.1, 0.15) is 51.4 Å². The Morgan fingerprint density at radius 3 is 1.28 bits per heavy atom. The molecule has 0 fully saturated rings. The van der Waals surface area contributed by atoms with Crippen molar-refractivity contribution in [3.05, 3.63) is 161 Å².